The quantitative estimate of drug-likeness (QED) is 0.524. The van der Waals surface area contributed by atoms with Crippen LogP contribution in [-0.4, -0.2) is 12.2 Å². The van der Waals surface area contributed by atoms with Crippen molar-refractivity contribution < 1.29 is 4.74 Å². The summed E-state index contributed by atoms with van der Waals surface area (Å²) in [5, 5.41) is 7.82. The van der Waals surface area contributed by atoms with Gasteiger partial charge in [0.25, 0.3) is 0 Å². The van der Waals surface area contributed by atoms with E-state index in [1.54, 1.807) is 7.11 Å². The Morgan fingerprint density at radius 3 is 2.44 bits per heavy atom. The number of thiocarbonyl (C=S) groups is 1. The first-order valence-electron chi connectivity index (χ1n) is 8.05. The SMILES string of the molecule is COc1ccc([C@@H](CC(C)C)NC(=S)Nc2ccc(Br)c(Cl)c2)cc1. The van der Waals surface area contributed by atoms with E-state index in [1.807, 2.05) is 30.3 Å². The van der Waals surface area contributed by atoms with Crippen LogP contribution in [0.2, 0.25) is 5.02 Å². The molecule has 3 nitrogen and oxygen atoms in total. The number of halogens is 2. The molecule has 0 unspecified atom stereocenters. The molecule has 6 heteroatoms. The lowest BCUT2D eigenvalue weighted by molar-refractivity contribution is 0.414. The van der Waals surface area contributed by atoms with Crippen LogP contribution in [0.3, 0.4) is 0 Å². The van der Waals surface area contributed by atoms with Gasteiger partial charge >= 0.3 is 0 Å². The second-order valence-electron chi connectivity index (χ2n) is 6.18. The molecule has 0 aliphatic rings. The molecule has 0 aliphatic carbocycles. The zero-order valence-corrected chi connectivity index (χ0v) is 17.6. The van der Waals surface area contributed by atoms with Crippen molar-refractivity contribution in [1.82, 2.24) is 5.32 Å². The highest BCUT2D eigenvalue weighted by molar-refractivity contribution is 9.10. The smallest absolute Gasteiger partial charge is 0.171 e. The van der Waals surface area contributed by atoms with Crippen molar-refractivity contribution >= 4 is 50.5 Å². The summed E-state index contributed by atoms with van der Waals surface area (Å²) >= 11 is 15.0. The first kappa shape index (κ1) is 20.0. The normalized spacial score (nSPS) is 11.9. The van der Waals surface area contributed by atoms with Crippen molar-refractivity contribution in [3.63, 3.8) is 0 Å². The average molecular weight is 442 g/mol. The van der Waals surface area contributed by atoms with E-state index in [0.29, 0.717) is 16.1 Å². The summed E-state index contributed by atoms with van der Waals surface area (Å²) in [6.45, 7) is 4.40. The zero-order valence-electron chi connectivity index (χ0n) is 14.5. The van der Waals surface area contributed by atoms with Crippen LogP contribution in [0, 0.1) is 5.92 Å². The molecule has 0 radical (unpaired) electrons. The number of benzene rings is 2. The van der Waals surface area contributed by atoms with E-state index >= 15 is 0 Å². The molecule has 0 aromatic heterocycles. The molecule has 0 saturated heterocycles. The lowest BCUT2D eigenvalue weighted by Gasteiger charge is -2.23. The van der Waals surface area contributed by atoms with Gasteiger partial charge in [-0.05, 0) is 76.4 Å². The minimum Gasteiger partial charge on any atom is -0.497 e. The number of anilines is 1. The summed E-state index contributed by atoms with van der Waals surface area (Å²) in [4.78, 5) is 0. The first-order valence-corrected chi connectivity index (χ1v) is 9.63. The Hall–Kier alpha value is -1.30. The summed E-state index contributed by atoms with van der Waals surface area (Å²) < 4.78 is 6.09. The lowest BCUT2D eigenvalue weighted by Crippen LogP contribution is -2.33. The largest absolute Gasteiger partial charge is 0.497 e. The summed E-state index contributed by atoms with van der Waals surface area (Å²) in [5.74, 6) is 1.38. The lowest BCUT2D eigenvalue weighted by atomic mass is 9.97. The Bertz CT molecular complexity index is 722. The Balaban J connectivity index is 2.09. The van der Waals surface area contributed by atoms with E-state index in [9.17, 15) is 0 Å². The second-order valence-corrected chi connectivity index (χ2v) is 7.85. The molecule has 0 saturated carbocycles. The van der Waals surface area contributed by atoms with Gasteiger partial charge in [0.1, 0.15) is 5.75 Å². The predicted molar refractivity (Wildman–Crippen MR) is 114 cm³/mol. The standard InChI is InChI=1S/C19H22BrClN2OS/c1-12(2)10-18(13-4-7-15(24-3)8-5-13)23-19(25)22-14-6-9-16(20)17(21)11-14/h4-9,11-12,18H,10H2,1-3H3,(H2,22,23,25)/t18-/m1/s1. The summed E-state index contributed by atoms with van der Waals surface area (Å²) in [6, 6.07) is 13.8. The Labute approximate surface area is 168 Å². The first-order chi connectivity index (χ1) is 11.9. The van der Waals surface area contributed by atoms with Gasteiger partial charge in [0.2, 0.25) is 0 Å². The summed E-state index contributed by atoms with van der Waals surface area (Å²) in [7, 11) is 1.67. The number of hydrogen-bond acceptors (Lipinski definition) is 2. The van der Waals surface area contributed by atoms with E-state index in [4.69, 9.17) is 28.6 Å². The third-order valence-electron chi connectivity index (χ3n) is 3.71. The van der Waals surface area contributed by atoms with E-state index in [1.165, 1.54) is 5.56 Å². The highest BCUT2D eigenvalue weighted by Crippen LogP contribution is 2.26. The molecular weight excluding hydrogens is 420 g/mol. The van der Waals surface area contributed by atoms with Gasteiger partial charge in [-0.25, -0.2) is 0 Å². The Morgan fingerprint density at radius 1 is 1.20 bits per heavy atom. The fourth-order valence-corrected chi connectivity index (χ4v) is 3.17. The zero-order chi connectivity index (χ0) is 18.4. The van der Waals surface area contributed by atoms with Crippen LogP contribution in [0.1, 0.15) is 31.9 Å². The molecule has 2 aromatic carbocycles. The van der Waals surface area contributed by atoms with Crippen molar-refractivity contribution in [2.45, 2.75) is 26.3 Å². The minimum absolute atomic E-state index is 0.122. The van der Waals surface area contributed by atoms with E-state index in [-0.39, 0.29) is 6.04 Å². The maximum absolute atomic E-state index is 6.13. The van der Waals surface area contributed by atoms with Gasteiger partial charge in [-0.2, -0.15) is 0 Å². The third-order valence-corrected chi connectivity index (χ3v) is 5.16. The Kier molecular flexibility index (Phi) is 7.54. The average Bonchev–Trinajstić information content (AvgIpc) is 2.57. The molecule has 0 amide bonds. The molecule has 1 atom stereocenters. The van der Waals surface area contributed by atoms with Gasteiger partial charge in [-0.15, -0.1) is 0 Å². The van der Waals surface area contributed by atoms with Crippen LogP contribution >= 0.6 is 39.7 Å². The summed E-state index contributed by atoms with van der Waals surface area (Å²) in [5.41, 5.74) is 2.02. The molecular formula is C19H22BrClN2OS. The highest BCUT2D eigenvalue weighted by atomic mass is 79.9. The van der Waals surface area contributed by atoms with Crippen LogP contribution < -0.4 is 15.4 Å². The molecule has 0 spiro atoms. The molecule has 2 N–H and O–H groups in total. The molecule has 0 aliphatic heterocycles. The van der Waals surface area contributed by atoms with Gasteiger partial charge in [0, 0.05) is 10.2 Å². The number of rotatable bonds is 6. The van der Waals surface area contributed by atoms with Crippen molar-refractivity contribution in [3.05, 3.63) is 57.5 Å². The van der Waals surface area contributed by atoms with E-state index in [2.05, 4.69) is 52.5 Å². The van der Waals surface area contributed by atoms with Gasteiger partial charge in [0.05, 0.1) is 18.2 Å². The van der Waals surface area contributed by atoms with E-state index < -0.39 is 0 Å². The van der Waals surface area contributed by atoms with Gasteiger partial charge in [0.15, 0.2) is 5.11 Å². The number of methoxy groups -OCH3 is 1. The maximum atomic E-state index is 6.13. The predicted octanol–water partition coefficient (Wildman–Crippen LogP) is 6.18. The highest BCUT2D eigenvalue weighted by Gasteiger charge is 2.15. The third kappa shape index (κ3) is 6.17. The van der Waals surface area contributed by atoms with Gasteiger partial charge < -0.3 is 15.4 Å². The maximum Gasteiger partial charge on any atom is 0.171 e. The van der Waals surface area contributed by atoms with Crippen LogP contribution in [0.4, 0.5) is 5.69 Å². The topological polar surface area (TPSA) is 33.3 Å². The van der Waals surface area contributed by atoms with Gasteiger partial charge in [-0.1, -0.05) is 37.6 Å². The number of ether oxygens (including phenoxy) is 1. The molecule has 0 heterocycles. The van der Waals surface area contributed by atoms with Gasteiger partial charge in [-0.3, -0.25) is 0 Å². The van der Waals surface area contributed by atoms with Crippen LogP contribution in [0.15, 0.2) is 46.9 Å². The van der Waals surface area contributed by atoms with Crippen LogP contribution in [0.5, 0.6) is 5.75 Å². The minimum atomic E-state index is 0.122. The molecule has 2 aromatic rings. The monoisotopic (exact) mass is 440 g/mol. The second kappa shape index (κ2) is 9.41. The van der Waals surface area contributed by atoms with Crippen molar-refractivity contribution in [2.24, 2.45) is 5.92 Å². The Morgan fingerprint density at radius 2 is 1.88 bits per heavy atom. The molecule has 0 fully saturated rings. The fraction of sp³-hybridized carbons (Fsp3) is 0.316. The van der Waals surface area contributed by atoms with Crippen molar-refractivity contribution in [3.8, 4) is 5.75 Å². The fourth-order valence-electron chi connectivity index (χ4n) is 2.49. The molecule has 0 bridgehead atoms. The van der Waals surface area contributed by atoms with E-state index in [0.717, 1.165) is 22.3 Å². The van der Waals surface area contributed by atoms with Crippen LogP contribution in [0.25, 0.3) is 0 Å². The number of nitrogens with one attached hydrogen (secondary N) is 2. The van der Waals surface area contributed by atoms with Crippen molar-refractivity contribution in [1.29, 1.82) is 0 Å². The molecule has 134 valence electrons. The van der Waals surface area contributed by atoms with Crippen molar-refractivity contribution in [2.75, 3.05) is 12.4 Å². The number of hydrogen-bond donors (Lipinski definition) is 2. The summed E-state index contributed by atoms with van der Waals surface area (Å²) in [6.07, 6.45) is 0.968. The van der Waals surface area contributed by atoms with Crippen LogP contribution in [-0.2, 0) is 0 Å². The molecule has 25 heavy (non-hydrogen) atoms. The molecule has 2 rings (SSSR count).